The van der Waals surface area contributed by atoms with Crippen LogP contribution >= 0.6 is 27.3 Å². The number of amides is 1. The highest BCUT2D eigenvalue weighted by Crippen LogP contribution is 2.33. The van der Waals surface area contributed by atoms with Crippen LogP contribution in [0.25, 0.3) is 0 Å². The molecule has 1 saturated heterocycles. The van der Waals surface area contributed by atoms with Crippen molar-refractivity contribution in [1.29, 1.82) is 0 Å². The minimum atomic E-state index is -0.169. The molecule has 1 aromatic heterocycles. The van der Waals surface area contributed by atoms with Crippen molar-refractivity contribution in [1.82, 2.24) is 10.2 Å². The van der Waals surface area contributed by atoms with Crippen LogP contribution in [0.5, 0.6) is 0 Å². The summed E-state index contributed by atoms with van der Waals surface area (Å²) in [6, 6.07) is 2.09. The average molecular weight is 345 g/mol. The van der Waals surface area contributed by atoms with Crippen LogP contribution in [0.15, 0.2) is 15.9 Å². The maximum Gasteiger partial charge on any atom is 0.230 e. The third-order valence-corrected chi connectivity index (χ3v) is 5.47. The second-order valence-corrected chi connectivity index (χ2v) is 7.26. The van der Waals surface area contributed by atoms with Gasteiger partial charge in [-0.05, 0) is 41.4 Å². The van der Waals surface area contributed by atoms with E-state index in [1.54, 1.807) is 11.3 Å². The molecule has 1 unspecified atom stereocenters. The van der Waals surface area contributed by atoms with Crippen LogP contribution in [-0.2, 0) is 11.3 Å². The van der Waals surface area contributed by atoms with E-state index in [4.69, 9.17) is 0 Å². The zero-order valence-corrected chi connectivity index (χ0v) is 13.9. The van der Waals surface area contributed by atoms with Crippen LogP contribution < -0.4 is 5.32 Å². The molecule has 2 heterocycles. The zero-order chi connectivity index (χ0) is 13.9. The molecule has 1 aliphatic heterocycles. The number of thiophene rings is 1. The largest absolute Gasteiger partial charge is 0.340 e. The van der Waals surface area contributed by atoms with Crippen molar-refractivity contribution in [2.24, 2.45) is 5.41 Å². The Kier molecular flexibility index (Phi) is 5.03. The molecule has 0 aromatic carbocycles. The lowest BCUT2D eigenvalue weighted by Crippen LogP contribution is -2.43. The molecule has 3 nitrogen and oxygen atoms in total. The van der Waals surface area contributed by atoms with Gasteiger partial charge in [0, 0.05) is 28.3 Å². The third kappa shape index (κ3) is 3.38. The molecule has 1 fully saturated rings. The Hall–Kier alpha value is -0.390. The van der Waals surface area contributed by atoms with E-state index >= 15 is 0 Å². The average Bonchev–Trinajstić information content (AvgIpc) is 2.99. The van der Waals surface area contributed by atoms with Crippen molar-refractivity contribution < 1.29 is 4.79 Å². The molecular formula is C14H21BrN2OS. The molecule has 2 rings (SSSR count). The molecule has 106 valence electrons. The SMILES string of the molecule is CCCC1(C(=O)N(C)Cc2cc(Br)cs2)CCNC1. The summed E-state index contributed by atoms with van der Waals surface area (Å²) in [6.07, 6.45) is 3.02. The summed E-state index contributed by atoms with van der Waals surface area (Å²) in [5, 5.41) is 5.41. The predicted octanol–water partition coefficient (Wildman–Crippen LogP) is 3.25. The van der Waals surface area contributed by atoms with Crippen molar-refractivity contribution >= 4 is 33.2 Å². The molecule has 0 radical (unpaired) electrons. The second kappa shape index (κ2) is 6.37. The van der Waals surface area contributed by atoms with Crippen LogP contribution in [0.3, 0.4) is 0 Å². The summed E-state index contributed by atoms with van der Waals surface area (Å²) >= 11 is 5.15. The first-order chi connectivity index (χ1) is 9.07. The molecule has 1 N–H and O–H groups in total. The lowest BCUT2D eigenvalue weighted by molar-refractivity contribution is -0.140. The van der Waals surface area contributed by atoms with Crippen LogP contribution in [0, 0.1) is 5.41 Å². The third-order valence-electron chi connectivity index (χ3n) is 3.79. The van der Waals surface area contributed by atoms with E-state index in [1.165, 1.54) is 4.88 Å². The van der Waals surface area contributed by atoms with E-state index in [-0.39, 0.29) is 5.41 Å². The first-order valence-corrected chi connectivity index (χ1v) is 8.44. The Morgan fingerprint density at radius 3 is 2.95 bits per heavy atom. The predicted molar refractivity (Wildman–Crippen MR) is 83.3 cm³/mol. The Balaban J connectivity index is 2.04. The van der Waals surface area contributed by atoms with Gasteiger partial charge in [-0.1, -0.05) is 13.3 Å². The molecule has 0 bridgehead atoms. The van der Waals surface area contributed by atoms with Crippen molar-refractivity contribution in [3.8, 4) is 0 Å². The number of rotatable bonds is 5. The molecule has 0 saturated carbocycles. The summed E-state index contributed by atoms with van der Waals surface area (Å²) in [4.78, 5) is 15.9. The monoisotopic (exact) mass is 344 g/mol. The maximum absolute atomic E-state index is 12.7. The van der Waals surface area contributed by atoms with Gasteiger partial charge >= 0.3 is 0 Å². The highest BCUT2D eigenvalue weighted by Gasteiger charge is 2.41. The summed E-state index contributed by atoms with van der Waals surface area (Å²) < 4.78 is 1.10. The molecule has 0 spiro atoms. The molecular weight excluding hydrogens is 324 g/mol. The number of nitrogens with zero attached hydrogens (tertiary/aromatic N) is 1. The number of hydrogen-bond donors (Lipinski definition) is 1. The molecule has 1 atom stereocenters. The zero-order valence-electron chi connectivity index (χ0n) is 11.5. The van der Waals surface area contributed by atoms with Crippen molar-refractivity contribution in [2.75, 3.05) is 20.1 Å². The summed E-state index contributed by atoms with van der Waals surface area (Å²) in [5.41, 5.74) is -0.169. The van der Waals surface area contributed by atoms with E-state index in [2.05, 4.69) is 39.6 Å². The maximum atomic E-state index is 12.7. The molecule has 1 aromatic rings. The van der Waals surface area contributed by atoms with E-state index in [0.717, 1.165) is 36.8 Å². The Morgan fingerprint density at radius 2 is 2.42 bits per heavy atom. The van der Waals surface area contributed by atoms with Crippen molar-refractivity contribution in [2.45, 2.75) is 32.7 Å². The smallest absolute Gasteiger partial charge is 0.230 e. The summed E-state index contributed by atoms with van der Waals surface area (Å²) in [7, 11) is 1.92. The first-order valence-electron chi connectivity index (χ1n) is 6.76. The normalized spacial score (nSPS) is 22.7. The lowest BCUT2D eigenvalue weighted by atomic mass is 9.81. The van der Waals surface area contributed by atoms with Gasteiger partial charge in [-0.3, -0.25) is 4.79 Å². The number of carbonyl (C=O) groups is 1. The van der Waals surface area contributed by atoms with E-state index in [1.807, 2.05) is 11.9 Å². The van der Waals surface area contributed by atoms with E-state index in [0.29, 0.717) is 12.5 Å². The highest BCUT2D eigenvalue weighted by atomic mass is 79.9. The van der Waals surface area contributed by atoms with Crippen LogP contribution in [-0.4, -0.2) is 30.9 Å². The highest BCUT2D eigenvalue weighted by molar-refractivity contribution is 9.10. The van der Waals surface area contributed by atoms with Crippen LogP contribution in [0.4, 0.5) is 0 Å². The number of carbonyl (C=O) groups excluding carboxylic acids is 1. The van der Waals surface area contributed by atoms with Gasteiger partial charge in [0.25, 0.3) is 0 Å². The summed E-state index contributed by atoms with van der Waals surface area (Å²) in [6.45, 7) is 4.66. The van der Waals surface area contributed by atoms with Gasteiger partial charge in [0.1, 0.15) is 0 Å². The first kappa shape index (κ1) is 15.0. The molecule has 5 heteroatoms. The van der Waals surface area contributed by atoms with Gasteiger partial charge in [0.15, 0.2) is 0 Å². The fourth-order valence-electron chi connectivity index (χ4n) is 2.87. The fraction of sp³-hybridized carbons (Fsp3) is 0.643. The molecule has 1 amide bonds. The van der Waals surface area contributed by atoms with Gasteiger partial charge in [0.2, 0.25) is 5.91 Å². The quantitative estimate of drug-likeness (QED) is 0.889. The number of nitrogens with one attached hydrogen (secondary N) is 1. The minimum Gasteiger partial charge on any atom is -0.340 e. The van der Waals surface area contributed by atoms with Gasteiger partial charge in [-0.15, -0.1) is 11.3 Å². The van der Waals surface area contributed by atoms with Crippen LogP contribution in [0.2, 0.25) is 0 Å². The number of hydrogen-bond acceptors (Lipinski definition) is 3. The standard InChI is InChI=1S/C14H21BrN2OS/c1-3-4-14(5-6-16-10-14)13(18)17(2)8-12-7-11(15)9-19-12/h7,9,16H,3-6,8,10H2,1-2H3. The second-order valence-electron chi connectivity index (χ2n) is 5.35. The molecule has 19 heavy (non-hydrogen) atoms. The van der Waals surface area contributed by atoms with Crippen LogP contribution in [0.1, 0.15) is 31.1 Å². The van der Waals surface area contributed by atoms with Gasteiger partial charge in [0.05, 0.1) is 12.0 Å². The molecule has 0 aliphatic carbocycles. The van der Waals surface area contributed by atoms with Gasteiger partial charge in [-0.25, -0.2) is 0 Å². The van der Waals surface area contributed by atoms with Crippen molar-refractivity contribution in [3.63, 3.8) is 0 Å². The fourth-order valence-corrected chi connectivity index (χ4v) is 4.38. The van der Waals surface area contributed by atoms with Crippen molar-refractivity contribution in [3.05, 3.63) is 20.8 Å². The minimum absolute atomic E-state index is 0.169. The Labute approximate surface area is 127 Å². The topological polar surface area (TPSA) is 32.3 Å². The van der Waals surface area contributed by atoms with E-state index in [9.17, 15) is 4.79 Å². The molecule has 1 aliphatic rings. The Bertz CT molecular complexity index is 440. The lowest BCUT2D eigenvalue weighted by Gasteiger charge is -2.31. The van der Waals surface area contributed by atoms with E-state index < -0.39 is 0 Å². The number of halogens is 1. The van der Waals surface area contributed by atoms with Gasteiger partial charge < -0.3 is 10.2 Å². The summed E-state index contributed by atoms with van der Waals surface area (Å²) in [5.74, 6) is 0.295. The van der Waals surface area contributed by atoms with Gasteiger partial charge in [-0.2, -0.15) is 0 Å². The Morgan fingerprint density at radius 1 is 1.63 bits per heavy atom.